The lowest BCUT2D eigenvalue weighted by Crippen LogP contribution is -2.35. The van der Waals surface area contributed by atoms with Crippen molar-refractivity contribution in [1.29, 1.82) is 0 Å². The van der Waals surface area contributed by atoms with Crippen LogP contribution in [0.25, 0.3) is 0 Å². The Morgan fingerprint density at radius 1 is 0.647 bits per heavy atom. The second-order valence-electron chi connectivity index (χ2n) is 7.91. The first-order valence-electron chi connectivity index (χ1n) is 6.59. The Bertz CT molecular complexity index is 195. The van der Waals surface area contributed by atoms with Crippen molar-refractivity contribution in [3.8, 4) is 0 Å². The second kappa shape index (κ2) is 5.71. The van der Waals surface area contributed by atoms with Crippen molar-refractivity contribution in [3.05, 3.63) is 0 Å². The Hall–Kier alpha value is -0.0800. The van der Waals surface area contributed by atoms with Crippen molar-refractivity contribution in [2.24, 2.45) is 11.3 Å². The summed E-state index contributed by atoms with van der Waals surface area (Å²) in [5.41, 5.74) is 0.0486. The minimum Gasteiger partial charge on any atom is -0.375 e. The molecule has 17 heavy (non-hydrogen) atoms. The Kier molecular flexibility index (Phi) is 5.68. The van der Waals surface area contributed by atoms with Crippen LogP contribution in [-0.2, 0) is 9.47 Å². The fourth-order valence-electron chi connectivity index (χ4n) is 1.25. The fourth-order valence-corrected chi connectivity index (χ4v) is 1.25. The average molecular weight is 244 g/mol. The first-order chi connectivity index (χ1) is 7.31. The molecule has 0 rings (SSSR count). The highest BCUT2D eigenvalue weighted by molar-refractivity contribution is 4.76. The first-order valence-corrected chi connectivity index (χ1v) is 6.59. The third kappa shape index (κ3) is 9.61. The van der Waals surface area contributed by atoms with E-state index in [1.165, 1.54) is 0 Å². The zero-order chi connectivity index (χ0) is 13.9. The predicted molar refractivity (Wildman–Crippen MR) is 74.4 cm³/mol. The summed E-state index contributed by atoms with van der Waals surface area (Å²) in [6.07, 6.45) is 0. The summed E-state index contributed by atoms with van der Waals surface area (Å²) in [5.74, 6) is 0.418. The van der Waals surface area contributed by atoms with Crippen molar-refractivity contribution in [3.63, 3.8) is 0 Å². The van der Waals surface area contributed by atoms with E-state index in [2.05, 4.69) is 62.3 Å². The normalized spacial score (nSPS) is 14.5. The van der Waals surface area contributed by atoms with Gasteiger partial charge in [-0.3, -0.25) is 0 Å². The molecule has 0 atom stereocenters. The molecule has 0 radical (unpaired) electrons. The lowest BCUT2D eigenvalue weighted by atomic mass is 9.81. The lowest BCUT2D eigenvalue weighted by Gasteiger charge is -2.35. The van der Waals surface area contributed by atoms with Crippen LogP contribution >= 0.6 is 0 Å². The van der Waals surface area contributed by atoms with Gasteiger partial charge in [-0.05, 0) is 47.0 Å². The van der Waals surface area contributed by atoms with Crippen LogP contribution in [0, 0.1) is 11.3 Å². The standard InChI is InChI=1S/C15H32O2/c1-13(2,3)12(10-16-14(4,5)6)11-17-15(7,8)9/h12H,10-11H2,1-9H3. The van der Waals surface area contributed by atoms with Gasteiger partial charge in [-0.2, -0.15) is 0 Å². The highest BCUT2D eigenvalue weighted by atomic mass is 16.5. The third-order valence-electron chi connectivity index (χ3n) is 2.66. The van der Waals surface area contributed by atoms with E-state index in [1.807, 2.05) is 0 Å². The van der Waals surface area contributed by atoms with E-state index in [0.717, 1.165) is 13.2 Å². The van der Waals surface area contributed by atoms with E-state index >= 15 is 0 Å². The van der Waals surface area contributed by atoms with E-state index in [-0.39, 0.29) is 16.6 Å². The van der Waals surface area contributed by atoms with Crippen LogP contribution in [0.5, 0.6) is 0 Å². The second-order valence-corrected chi connectivity index (χ2v) is 7.91. The topological polar surface area (TPSA) is 18.5 Å². The summed E-state index contributed by atoms with van der Waals surface area (Å²) >= 11 is 0. The van der Waals surface area contributed by atoms with Gasteiger partial charge in [-0.25, -0.2) is 0 Å². The van der Waals surface area contributed by atoms with Crippen molar-refractivity contribution < 1.29 is 9.47 Å². The lowest BCUT2D eigenvalue weighted by molar-refractivity contribution is -0.0906. The van der Waals surface area contributed by atoms with Gasteiger partial charge < -0.3 is 9.47 Å². The Balaban J connectivity index is 4.37. The molecule has 0 aliphatic carbocycles. The van der Waals surface area contributed by atoms with Crippen LogP contribution in [-0.4, -0.2) is 24.4 Å². The Morgan fingerprint density at radius 2 is 0.941 bits per heavy atom. The van der Waals surface area contributed by atoms with Gasteiger partial charge in [0, 0.05) is 5.92 Å². The van der Waals surface area contributed by atoms with Gasteiger partial charge >= 0.3 is 0 Å². The maximum Gasteiger partial charge on any atom is 0.0598 e. The summed E-state index contributed by atoms with van der Waals surface area (Å²) in [6, 6.07) is 0. The molecule has 0 aromatic rings. The molecular formula is C15H32O2. The van der Waals surface area contributed by atoms with Crippen LogP contribution in [0.15, 0.2) is 0 Å². The SMILES string of the molecule is CC(C)(C)OCC(COC(C)(C)C)C(C)(C)C. The smallest absolute Gasteiger partial charge is 0.0598 e. The molecule has 0 spiro atoms. The zero-order valence-electron chi connectivity index (χ0n) is 13.3. The summed E-state index contributed by atoms with van der Waals surface area (Å²) < 4.78 is 11.8. The molecule has 0 amide bonds. The van der Waals surface area contributed by atoms with Gasteiger partial charge in [-0.15, -0.1) is 0 Å². The highest BCUT2D eigenvalue weighted by Gasteiger charge is 2.28. The maximum atomic E-state index is 5.90. The van der Waals surface area contributed by atoms with E-state index in [0.29, 0.717) is 5.92 Å². The predicted octanol–water partition coefficient (Wildman–Crippen LogP) is 4.28. The van der Waals surface area contributed by atoms with Crippen molar-refractivity contribution in [1.82, 2.24) is 0 Å². The van der Waals surface area contributed by atoms with Gasteiger partial charge in [-0.1, -0.05) is 20.8 Å². The molecule has 0 aliphatic heterocycles. The van der Waals surface area contributed by atoms with E-state index < -0.39 is 0 Å². The van der Waals surface area contributed by atoms with Crippen molar-refractivity contribution in [2.75, 3.05) is 13.2 Å². The van der Waals surface area contributed by atoms with Gasteiger partial charge in [0.2, 0.25) is 0 Å². The Labute approximate surface area is 108 Å². The number of hydrogen-bond donors (Lipinski definition) is 0. The molecule has 0 aromatic carbocycles. The van der Waals surface area contributed by atoms with Crippen LogP contribution < -0.4 is 0 Å². The first kappa shape index (κ1) is 16.9. The van der Waals surface area contributed by atoms with Gasteiger partial charge in [0.15, 0.2) is 0 Å². The molecule has 0 heterocycles. The minimum atomic E-state index is -0.0781. The minimum absolute atomic E-state index is 0.0781. The largest absolute Gasteiger partial charge is 0.375 e. The molecule has 104 valence electrons. The highest BCUT2D eigenvalue weighted by Crippen LogP contribution is 2.29. The third-order valence-corrected chi connectivity index (χ3v) is 2.66. The van der Waals surface area contributed by atoms with E-state index in [1.54, 1.807) is 0 Å². The van der Waals surface area contributed by atoms with Crippen molar-refractivity contribution in [2.45, 2.75) is 73.5 Å². The van der Waals surface area contributed by atoms with Gasteiger partial charge in [0.25, 0.3) is 0 Å². The van der Waals surface area contributed by atoms with Crippen LogP contribution in [0.4, 0.5) is 0 Å². The molecule has 0 aromatic heterocycles. The van der Waals surface area contributed by atoms with E-state index in [9.17, 15) is 0 Å². The summed E-state index contributed by atoms with van der Waals surface area (Å²) in [5, 5.41) is 0. The molecule has 2 nitrogen and oxygen atoms in total. The summed E-state index contributed by atoms with van der Waals surface area (Å²) in [6.45, 7) is 20.8. The fraction of sp³-hybridized carbons (Fsp3) is 1.00. The summed E-state index contributed by atoms with van der Waals surface area (Å²) in [7, 11) is 0. The van der Waals surface area contributed by atoms with Gasteiger partial charge in [0.1, 0.15) is 0 Å². The molecule has 0 saturated heterocycles. The number of ether oxygens (including phenoxy) is 2. The van der Waals surface area contributed by atoms with E-state index in [4.69, 9.17) is 9.47 Å². The molecule has 0 aliphatic rings. The number of hydrogen-bond acceptors (Lipinski definition) is 2. The molecular weight excluding hydrogens is 212 g/mol. The van der Waals surface area contributed by atoms with Crippen LogP contribution in [0.1, 0.15) is 62.3 Å². The zero-order valence-corrected chi connectivity index (χ0v) is 13.3. The molecule has 0 bridgehead atoms. The maximum absolute atomic E-state index is 5.90. The quantitative estimate of drug-likeness (QED) is 0.735. The average Bonchev–Trinajstić information content (AvgIpc) is 1.96. The summed E-state index contributed by atoms with van der Waals surface area (Å²) in [4.78, 5) is 0. The molecule has 0 saturated carbocycles. The van der Waals surface area contributed by atoms with Crippen LogP contribution in [0.3, 0.4) is 0 Å². The molecule has 2 heteroatoms. The monoisotopic (exact) mass is 244 g/mol. The Morgan fingerprint density at radius 3 is 1.12 bits per heavy atom. The van der Waals surface area contributed by atoms with Gasteiger partial charge in [0.05, 0.1) is 24.4 Å². The van der Waals surface area contributed by atoms with Crippen molar-refractivity contribution >= 4 is 0 Å². The molecule has 0 N–H and O–H groups in total. The molecule has 0 fully saturated rings. The number of rotatable bonds is 4. The molecule has 0 unspecified atom stereocenters. The van der Waals surface area contributed by atoms with Crippen LogP contribution in [0.2, 0.25) is 0 Å².